The molecular weight excluding hydrogens is 603 g/mol. The van der Waals surface area contributed by atoms with Gasteiger partial charge < -0.3 is 0 Å². The molecule has 0 atom stereocenters. The summed E-state index contributed by atoms with van der Waals surface area (Å²) in [7, 11) is 0. The molecule has 3 aromatic heterocycles. The smallest absolute Gasteiger partial charge is 0.138 e. The summed E-state index contributed by atoms with van der Waals surface area (Å²) >= 11 is 1.80. The summed E-state index contributed by atoms with van der Waals surface area (Å²) in [6, 6.07) is 54.0. The zero-order valence-electron chi connectivity index (χ0n) is 26.8. The lowest BCUT2D eigenvalue weighted by molar-refractivity contribution is 1.21. The van der Waals surface area contributed by atoms with Crippen LogP contribution in [0.2, 0.25) is 0 Å². The van der Waals surface area contributed by atoms with Crippen molar-refractivity contribution in [3.8, 4) is 11.1 Å². The molecule has 10 rings (SSSR count). The molecule has 0 spiro atoms. The van der Waals surface area contributed by atoms with Crippen molar-refractivity contribution in [2.75, 3.05) is 4.90 Å². The molecule has 3 nitrogen and oxygen atoms in total. The molecule has 0 unspecified atom stereocenters. The molecule has 10 aromatic rings. The van der Waals surface area contributed by atoms with Crippen LogP contribution in [0, 0.1) is 0 Å². The summed E-state index contributed by atoms with van der Waals surface area (Å²) < 4.78 is 11.0. The molecule has 0 aliphatic carbocycles. The van der Waals surface area contributed by atoms with Gasteiger partial charge in [0, 0.05) is 48.5 Å². The first-order valence-corrected chi connectivity index (χ1v) is 16.9. The minimum atomic E-state index is 0.416. The van der Waals surface area contributed by atoms with Gasteiger partial charge in [0.15, 0.2) is 0 Å². The van der Waals surface area contributed by atoms with Crippen LogP contribution >= 0.6 is 11.3 Å². The van der Waals surface area contributed by atoms with Crippen molar-refractivity contribution < 1.29 is 1.37 Å². The zero-order valence-corrected chi connectivity index (χ0v) is 26.6. The van der Waals surface area contributed by atoms with Gasteiger partial charge in [-0.1, -0.05) is 84.9 Å². The Bertz CT molecular complexity index is 2930. The maximum Gasteiger partial charge on any atom is 0.138 e. The van der Waals surface area contributed by atoms with Crippen LogP contribution in [-0.4, -0.2) is 9.97 Å². The van der Waals surface area contributed by atoms with Crippen LogP contribution in [0.5, 0.6) is 0 Å². The van der Waals surface area contributed by atoms with E-state index in [1.54, 1.807) is 17.4 Å². The van der Waals surface area contributed by atoms with Crippen molar-refractivity contribution in [1.29, 1.82) is 0 Å². The second kappa shape index (κ2) is 10.7. The Kier molecular flexibility index (Phi) is 5.82. The predicted octanol–water partition coefficient (Wildman–Crippen LogP) is 12.6. The Morgan fingerprint density at radius 1 is 0.479 bits per heavy atom. The molecule has 3 heterocycles. The van der Waals surface area contributed by atoms with Gasteiger partial charge in [-0.25, -0.2) is 4.98 Å². The van der Waals surface area contributed by atoms with Crippen LogP contribution in [0.25, 0.3) is 74.6 Å². The number of para-hydroxylation sites is 1. The molecule has 0 fully saturated rings. The fourth-order valence-electron chi connectivity index (χ4n) is 6.92. The molecule has 4 heteroatoms. The number of rotatable bonds is 4. The molecule has 7 aromatic carbocycles. The van der Waals surface area contributed by atoms with Gasteiger partial charge in [-0.3, -0.25) is 9.88 Å². The molecule has 0 saturated heterocycles. The van der Waals surface area contributed by atoms with E-state index in [1.165, 1.54) is 47.5 Å². The normalized spacial score (nSPS) is 12.0. The number of hydrogen-bond donors (Lipinski definition) is 0. The largest absolute Gasteiger partial charge is 0.295 e. The molecular formula is C44H27N3S. The maximum atomic E-state index is 8.60. The quantitative estimate of drug-likeness (QED) is 0.194. The average Bonchev–Trinajstić information content (AvgIpc) is 3.50. The fourth-order valence-corrected chi connectivity index (χ4v) is 8.09. The summed E-state index contributed by atoms with van der Waals surface area (Å²) in [5.41, 5.74) is 6.12. The van der Waals surface area contributed by atoms with Crippen molar-refractivity contribution in [2.24, 2.45) is 0 Å². The third kappa shape index (κ3) is 4.49. The number of pyridine rings is 2. The predicted molar refractivity (Wildman–Crippen MR) is 205 cm³/mol. The van der Waals surface area contributed by atoms with E-state index in [1.807, 2.05) is 24.4 Å². The van der Waals surface area contributed by atoms with Crippen LogP contribution in [0.15, 0.2) is 164 Å². The number of anilines is 3. The molecule has 0 saturated carbocycles. The zero-order chi connectivity index (χ0) is 32.5. The molecule has 0 aliphatic rings. The first kappa shape index (κ1) is 26.0. The van der Waals surface area contributed by atoms with Crippen LogP contribution in [0.3, 0.4) is 0 Å². The van der Waals surface area contributed by atoms with Crippen LogP contribution in [-0.2, 0) is 0 Å². The monoisotopic (exact) mass is 630 g/mol. The third-order valence-electron chi connectivity index (χ3n) is 9.34. The highest BCUT2D eigenvalue weighted by Crippen LogP contribution is 2.42. The number of fused-ring (bicyclic) bond motifs is 7. The maximum absolute atomic E-state index is 8.60. The van der Waals surface area contributed by atoms with E-state index in [-0.39, 0.29) is 0 Å². The van der Waals surface area contributed by atoms with E-state index in [0.29, 0.717) is 11.6 Å². The summed E-state index contributed by atoms with van der Waals surface area (Å²) in [6.07, 6.45) is 1.85. The van der Waals surface area contributed by atoms with Crippen LogP contribution in [0.4, 0.5) is 17.2 Å². The number of thiophene rings is 1. The Morgan fingerprint density at radius 3 is 2.06 bits per heavy atom. The Morgan fingerprint density at radius 2 is 1.15 bits per heavy atom. The number of aromatic nitrogens is 2. The van der Waals surface area contributed by atoms with Crippen molar-refractivity contribution in [3.63, 3.8) is 0 Å². The van der Waals surface area contributed by atoms with Gasteiger partial charge >= 0.3 is 0 Å². The first-order chi connectivity index (χ1) is 24.1. The van der Waals surface area contributed by atoms with Gasteiger partial charge in [-0.2, -0.15) is 0 Å². The van der Waals surface area contributed by atoms with Gasteiger partial charge in [0.1, 0.15) is 5.82 Å². The lowest BCUT2D eigenvalue weighted by Crippen LogP contribution is -2.11. The van der Waals surface area contributed by atoms with Crippen molar-refractivity contribution >= 4 is 92.1 Å². The number of nitrogens with zero attached hydrogens (tertiary/aromatic N) is 3. The van der Waals surface area contributed by atoms with Crippen molar-refractivity contribution in [3.05, 3.63) is 164 Å². The molecule has 0 radical (unpaired) electrons. The molecule has 0 bridgehead atoms. The summed E-state index contributed by atoms with van der Waals surface area (Å²) in [4.78, 5) is 11.9. The summed E-state index contributed by atoms with van der Waals surface area (Å²) in [5, 5.41) is 9.36. The standard InChI is InChI=1S/C44H27N3S/c1-2-8-30-22-31(12-11-28(30)6-1)32-13-14-34-24-36(17-15-33(34)23-32)47(44-20-16-29-7-3-4-10-40(29)46-44)37-18-19-38-39-27-41-35(9-5-21-45-41)25-42(39)48-43(38)26-37/h1-27H/i10D. The molecule has 0 aliphatic heterocycles. The first-order valence-electron chi connectivity index (χ1n) is 16.6. The van der Waals surface area contributed by atoms with Crippen LogP contribution in [0.1, 0.15) is 1.37 Å². The Labute approximate surface area is 282 Å². The van der Waals surface area contributed by atoms with Crippen molar-refractivity contribution in [1.82, 2.24) is 9.97 Å². The van der Waals surface area contributed by atoms with Gasteiger partial charge in [-0.15, -0.1) is 11.3 Å². The van der Waals surface area contributed by atoms with Gasteiger partial charge in [0.25, 0.3) is 0 Å². The van der Waals surface area contributed by atoms with E-state index in [4.69, 9.17) is 6.35 Å². The minimum Gasteiger partial charge on any atom is -0.295 e. The molecule has 0 amide bonds. The van der Waals surface area contributed by atoms with Gasteiger partial charge in [0.2, 0.25) is 0 Å². The average molecular weight is 631 g/mol. The highest BCUT2D eigenvalue weighted by atomic mass is 32.1. The van der Waals surface area contributed by atoms with E-state index < -0.39 is 0 Å². The summed E-state index contributed by atoms with van der Waals surface area (Å²) in [5.74, 6) is 0.773. The second-order valence-electron chi connectivity index (χ2n) is 12.2. The SMILES string of the molecule is [2H]c1cccc2ccc(N(c3ccc4cc(-c5ccc6ccccc6c5)ccc4c3)c3ccc4c(c3)sc3cc5cccnc5cc34)nc12. The lowest BCUT2D eigenvalue weighted by Gasteiger charge is -2.25. The van der Waals surface area contributed by atoms with Crippen molar-refractivity contribution in [2.45, 2.75) is 0 Å². The Balaban J connectivity index is 1.12. The number of hydrogen-bond acceptors (Lipinski definition) is 4. The third-order valence-corrected chi connectivity index (χ3v) is 10.5. The van der Waals surface area contributed by atoms with E-state index in [0.717, 1.165) is 38.9 Å². The molecule has 0 N–H and O–H groups in total. The molecule has 224 valence electrons. The highest BCUT2D eigenvalue weighted by Gasteiger charge is 2.17. The molecule has 48 heavy (non-hydrogen) atoms. The van der Waals surface area contributed by atoms with Gasteiger partial charge in [0.05, 0.1) is 12.4 Å². The topological polar surface area (TPSA) is 29.0 Å². The van der Waals surface area contributed by atoms with Crippen LogP contribution < -0.4 is 4.90 Å². The number of benzene rings is 7. The van der Waals surface area contributed by atoms with E-state index in [2.05, 4.69) is 137 Å². The Hall–Kier alpha value is -6.10. The second-order valence-corrected chi connectivity index (χ2v) is 13.3. The van der Waals surface area contributed by atoms with E-state index in [9.17, 15) is 0 Å². The lowest BCUT2D eigenvalue weighted by atomic mass is 9.98. The van der Waals surface area contributed by atoms with Gasteiger partial charge in [-0.05, 0) is 105 Å². The fraction of sp³-hybridized carbons (Fsp3) is 0. The summed E-state index contributed by atoms with van der Waals surface area (Å²) in [6.45, 7) is 0. The highest BCUT2D eigenvalue weighted by molar-refractivity contribution is 7.25. The van der Waals surface area contributed by atoms with E-state index >= 15 is 0 Å². The minimum absolute atomic E-state index is 0.416.